The standard InChI is InChI=1S/C20H32N4O5S/c1-16(2)15-29-20(26)23-11-9-22(10-12-23)19(25)18-13-17(14-21(18)3)30(27,28)24-7-5-4-6-8-24/h13-14,16H,4-12,15H2,1-3H3. The van der Waals surface area contributed by atoms with E-state index in [9.17, 15) is 18.0 Å². The molecule has 0 radical (unpaired) electrons. The quantitative estimate of drug-likeness (QED) is 0.696. The minimum atomic E-state index is -3.59. The highest BCUT2D eigenvalue weighted by atomic mass is 32.2. The Balaban J connectivity index is 1.63. The summed E-state index contributed by atoms with van der Waals surface area (Å²) < 4.78 is 34.1. The van der Waals surface area contributed by atoms with Crippen molar-refractivity contribution in [2.24, 2.45) is 13.0 Å². The van der Waals surface area contributed by atoms with Crippen molar-refractivity contribution in [3.8, 4) is 0 Å². The number of carbonyl (C=O) groups excluding carboxylic acids is 2. The summed E-state index contributed by atoms with van der Waals surface area (Å²) >= 11 is 0. The van der Waals surface area contributed by atoms with E-state index in [1.807, 2.05) is 13.8 Å². The number of nitrogens with zero attached hydrogens (tertiary/aromatic N) is 4. The van der Waals surface area contributed by atoms with E-state index in [0.29, 0.717) is 51.6 Å². The lowest BCUT2D eigenvalue weighted by atomic mass is 10.2. The Bertz CT molecular complexity index is 866. The Morgan fingerprint density at radius 2 is 1.60 bits per heavy atom. The minimum absolute atomic E-state index is 0.158. The first-order valence-corrected chi connectivity index (χ1v) is 12.0. The van der Waals surface area contributed by atoms with Crippen molar-refractivity contribution in [1.82, 2.24) is 18.7 Å². The average Bonchev–Trinajstić information content (AvgIpc) is 3.14. The van der Waals surface area contributed by atoms with Crippen LogP contribution in [0.2, 0.25) is 0 Å². The van der Waals surface area contributed by atoms with Gasteiger partial charge in [0, 0.05) is 52.5 Å². The van der Waals surface area contributed by atoms with Crippen LogP contribution in [0.1, 0.15) is 43.6 Å². The van der Waals surface area contributed by atoms with Crippen LogP contribution in [0.3, 0.4) is 0 Å². The largest absolute Gasteiger partial charge is 0.449 e. The van der Waals surface area contributed by atoms with Gasteiger partial charge in [0.2, 0.25) is 10.0 Å². The van der Waals surface area contributed by atoms with E-state index in [1.165, 1.54) is 16.6 Å². The van der Waals surface area contributed by atoms with Crippen molar-refractivity contribution in [2.45, 2.75) is 38.0 Å². The number of piperidine rings is 1. The van der Waals surface area contributed by atoms with E-state index in [-0.39, 0.29) is 22.8 Å². The predicted molar refractivity (Wildman–Crippen MR) is 112 cm³/mol. The number of carbonyl (C=O) groups is 2. The molecule has 0 N–H and O–H groups in total. The molecule has 0 unspecified atom stereocenters. The van der Waals surface area contributed by atoms with E-state index in [0.717, 1.165) is 19.3 Å². The number of ether oxygens (including phenoxy) is 1. The fourth-order valence-corrected chi connectivity index (χ4v) is 5.31. The monoisotopic (exact) mass is 440 g/mol. The molecule has 2 amide bonds. The Morgan fingerprint density at radius 3 is 2.20 bits per heavy atom. The lowest BCUT2D eigenvalue weighted by Crippen LogP contribution is -2.51. The van der Waals surface area contributed by atoms with Gasteiger partial charge in [-0.05, 0) is 24.8 Å². The number of hydrogen-bond acceptors (Lipinski definition) is 5. The number of amides is 2. The molecule has 3 heterocycles. The Hall–Kier alpha value is -2.07. The van der Waals surface area contributed by atoms with Crippen LogP contribution < -0.4 is 0 Å². The van der Waals surface area contributed by atoms with Crippen LogP contribution >= 0.6 is 0 Å². The summed E-state index contributed by atoms with van der Waals surface area (Å²) in [6.45, 7) is 6.93. The molecule has 2 saturated heterocycles. The van der Waals surface area contributed by atoms with Crippen molar-refractivity contribution < 1.29 is 22.7 Å². The van der Waals surface area contributed by atoms with Gasteiger partial charge >= 0.3 is 6.09 Å². The van der Waals surface area contributed by atoms with Gasteiger partial charge in [-0.15, -0.1) is 0 Å². The molecular formula is C20H32N4O5S. The van der Waals surface area contributed by atoms with Gasteiger partial charge in [-0.2, -0.15) is 4.31 Å². The molecule has 0 saturated carbocycles. The van der Waals surface area contributed by atoms with Crippen LogP contribution in [-0.2, 0) is 21.8 Å². The van der Waals surface area contributed by atoms with Gasteiger partial charge in [0.05, 0.1) is 6.61 Å². The van der Waals surface area contributed by atoms with Crippen LogP contribution in [0, 0.1) is 5.92 Å². The molecule has 0 bridgehead atoms. The van der Waals surface area contributed by atoms with E-state index in [2.05, 4.69) is 0 Å². The maximum Gasteiger partial charge on any atom is 0.409 e. The highest BCUT2D eigenvalue weighted by molar-refractivity contribution is 7.89. The van der Waals surface area contributed by atoms with Crippen molar-refractivity contribution in [3.63, 3.8) is 0 Å². The molecule has 9 nitrogen and oxygen atoms in total. The van der Waals surface area contributed by atoms with Gasteiger partial charge < -0.3 is 19.1 Å². The number of rotatable bonds is 5. The molecule has 0 atom stereocenters. The van der Waals surface area contributed by atoms with Gasteiger partial charge in [0.25, 0.3) is 5.91 Å². The average molecular weight is 441 g/mol. The second kappa shape index (κ2) is 9.38. The number of piperazine rings is 1. The summed E-state index contributed by atoms with van der Waals surface area (Å²) in [7, 11) is -1.91. The zero-order chi connectivity index (χ0) is 21.9. The smallest absolute Gasteiger partial charge is 0.409 e. The molecule has 0 aromatic carbocycles. The first-order chi connectivity index (χ1) is 14.2. The van der Waals surface area contributed by atoms with Gasteiger partial charge in [-0.1, -0.05) is 20.3 Å². The number of hydrogen-bond donors (Lipinski definition) is 0. The number of sulfonamides is 1. The Labute approximate surface area is 178 Å². The van der Waals surface area contributed by atoms with Gasteiger partial charge in [0.15, 0.2) is 0 Å². The van der Waals surface area contributed by atoms with E-state index in [4.69, 9.17) is 4.74 Å². The Kier molecular flexibility index (Phi) is 7.07. The minimum Gasteiger partial charge on any atom is -0.449 e. The number of aryl methyl sites for hydroxylation is 1. The third-order valence-electron chi connectivity index (χ3n) is 5.52. The van der Waals surface area contributed by atoms with Crippen LogP contribution in [0.4, 0.5) is 4.79 Å². The number of aromatic nitrogens is 1. The second-order valence-corrected chi connectivity index (χ2v) is 10.3. The maximum absolute atomic E-state index is 13.0. The lowest BCUT2D eigenvalue weighted by molar-refractivity contribution is 0.0529. The van der Waals surface area contributed by atoms with Gasteiger partial charge in [-0.3, -0.25) is 4.79 Å². The highest BCUT2D eigenvalue weighted by Crippen LogP contribution is 2.23. The molecular weight excluding hydrogens is 408 g/mol. The molecule has 0 spiro atoms. The molecule has 2 aliphatic heterocycles. The van der Waals surface area contributed by atoms with E-state index in [1.54, 1.807) is 21.4 Å². The van der Waals surface area contributed by atoms with Crippen molar-refractivity contribution >= 4 is 22.0 Å². The molecule has 168 valence electrons. The van der Waals surface area contributed by atoms with Gasteiger partial charge in [-0.25, -0.2) is 13.2 Å². The van der Waals surface area contributed by atoms with Crippen LogP contribution in [0.25, 0.3) is 0 Å². The maximum atomic E-state index is 13.0. The molecule has 1 aromatic heterocycles. The van der Waals surface area contributed by atoms with Crippen LogP contribution in [0.15, 0.2) is 17.2 Å². The van der Waals surface area contributed by atoms with Crippen molar-refractivity contribution in [2.75, 3.05) is 45.9 Å². The summed E-state index contributed by atoms with van der Waals surface area (Å²) in [5, 5.41) is 0. The normalized spacial score (nSPS) is 18.7. The molecule has 1 aromatic rings. The third-order valence-corrected chi connectivity index (χ3v) is 7.38. The van der Waals surface area contributed by atoms with Gasteiger partial charge in [0.1, 0.15) is 10.6 Å². The topological polar surface area (TPSA) is 92.2 Å². The summed E-state index contributed by atoms with van der Waals surface area (Å²) in [5.74, 6) is 0.0392. The summed E-state index contributed by atoms with van der Waals surface area (Å²) in [6.07, 6.45) is 3.92. The molecule has 2 aliphatic rings. The van der Waals surface area contributed by atoms with E-state index < -0.39 is 10.0 Å². The summed E-state index contributed by atoms with van der Waals surface area (Å²) in [4.78, 5) is 28.5. The lowest BCUT2D eigenvalue weighted by Gasteiger charge is -2.34. The van der Waals surface area contributed by atoms with Crippen LogP contribution in [0.5, 0.6) is 0 Å². The Morgan fingerprint density at radius 1 is 1.00 bits per heavy atom. The predicted octanol–water partition coefficient (Wildman–Crippen LogP) is 1.75. The molecule has 2 fully saturated rings. The first kappa shape index (κ1) is 22.6. The fourth-order valence-electron chi connectivity index (χ4n) is 3.73. The SMILES string of the molecule is CC(C)COC(=O)N1CCN(C(=O)c2cc(S(=O)(=O)N3CCCCC3)cn2C)CC1. The summed E-state index contributed by atoms with van der Waals surface area (Å²) in [5.41, 5.74) is 0.335. The van der Waals surface area contributed by atoms with Crippen molar-refractivity contribution in [1.29, 1.82) is 0 Å². The van der Waals surface area contributed by atoms with Crippen LogP contribution in [-0.4, -0.2) is 85.0 Å². The van der Waals surface area contributed by atoms with Crippen molar-refractivity contribution in [3.05, 3.63) is 18.0 Å². The first-order valence-electron chi connectivity index (χ1n) is 10.6. The second-order valence-electron chi connectivity index (χ2n) is 8.39. The fraction of sp³-hybridized carbons (Fsp3) is 0.700. The third kappa shape index (κ3) is 4.97. The molecule has 0 aliphatic carbocycles. The molecule has 30 heavy (non-hydrogen) atoms. The zero-order valence-electron chi connectivity index (χ0n) is 18.0. The molecule has 3 rings (SSSR count). The summed E-state index contributed by atoms with van der Waals surface area (Å²) in [6, 6.07) is 1.47. The highest BCUT2D eigenvalue weighted by Gasteiger charge is 2.31. The molecule has 10 heteroatoms. The van der Waals surface area contributed by atoms with E-state index >= 15 is 0 Å². The zero-order valence-corrected chi connectivity index (χ0v) is 18.9.